The highest BCUT2D eigenvalue weighted by molar-refractivity contribution is 4.90. The Balaban J connectivity index is 1.98. The van der Waals surface area contributed by atoms with E-state index in [1.54, 1.807) is 0 Å². The maximum Gasteiger partial charge on any atom is 0.0192 e. The fraction of sp³-hybridized carbons (Fsp3) is 1.00. The molecule has 0 aromatic heterocycles. The fourth-order valence-electron chi connectivity index (χ4n) is 3.51. The Labute approximate surface area is 106 Å². The Kier molecular flexibility index (Phi) is 4.45. The number of rotatable bonds is 2. The monoisotopic (exact) mass is 239 g/mol. The molecule has 0 spiro atoms. The van der Waals surface area contributed by atoms with Crippen molar-refractivity contribution in [3.05, 3.63) is 0 Å². The second-order valence-electron chi connectivity index (χ2n) is 6.31. The van der Waals surface area contributed by atoms with E-state index in [1.807, 2.05) is 0 Å². The first-order chi connectivity index (χ1) is 8.11. The van der Waals surface area contributed by atoms with E-state index in [2.05, 4.69) is 30.7 Å². The zero-order valence-corrected chi connectivity index (χ0v) is 11.7. The predicted molar refractivity (Wildman–Crippen MR) is 73.0 cm³/mol. The average Bonchev–Trinajstić information content (AvgIpc) is 2.32. The lowest BCUT2D eigenvalue weighted by molar-refractivity contribution is 0.0239. The van der Waals surface area contributed by atoms with Crippen LogP contribution in [0.5, 0.6) is 0 Å². The maximum absolute atomic E-state index is 5.97. The molecule has 3 nitrogen and oxygen atoms in total. The molecule has 3 heteroatoms. The molecule has 2 aliphatic rings. The van der Waals surface area contributed by atoms with Crippen molar-refractivity contribution in [2.24, 2.45) is 17.6 Å². The number of nitrogens with zero attached hydrogens (tertiary/aromatic N) is 2. The topological polar surface area (TPSA) is 32.5 Å². The van der Waals surface area contributed by atoms with Crippen LogP contribution >= 0.6 is 0 Å². The van der Waals surface area contributed by atoms with Crippen molar-refractivity contribution in [1.82, 2.24) is 9.80 Å². The van der Waals surface area contributed by atoms with Crippen molar-refractivity contribution in [3.63, 3.8) is 0 Å². The van der Waals surface area contributed by atoms with Gasteiger partial charge in [0.2, 0.25) is 0 Å². The molecular weight excluding hydrogens is 210 g/mol. The lowest BCUT2D eigenvalue weighted by atomic mass is 9.78. The Morgan fingerprint density at radius 3 is 2.59 bits per heavy atom. The Morgan fingerprint density at radius 2 is 1.94 bits per heavy atom. The summed E-state index contributed by atoms with van der Waals surface area (Å²) < 4.78 is 0. The first-order valence-corrected chi connectivity index (χ1v) is 7.26. The van der Waals surface area contributed by atoms with Crippen molar-refractivity contribution in [3.8, 4) is 0 Å². The third-order valence-electron chi connectivity index (χ3n) is 4.98. The first kappa shape index (κ1) is 13.3. The third-order valence-corrected chi connectivity index (χ3v) is 4.98. The van der Waals surface area contributed by atoms with E-state index >= 15 is 0 Å². The zero-order chi connectivity index (χ0) is 12.4. The molecule has 0 radical (unpaired) electrons. The molecule has 100 valence electrons. The van der Waals surface area contributed by atoms with Crippen LogP contribution in [-0.4, -0.2) is 55.1 Å². The summed E-state index contributed by atoms with van der Waals surface area (Å²) in [5, 5.41) is 0. The normalized spacial score (nSPS) is 41.6. The van der Waals surface area contributed by atoms with Crippen LogP contribution in [0.4, 0.5) is 0 Å². The first-order valence-electron chi connectivity index (χ1n) is 7.26. The van der Waals surface area contributed by atoms with Gasteiger partial charge in [-0.05, 0) is 45.2 Å². The highest BCUT2D eigenvalue weighted by Crippen LogP contribution is 2.32. The molecule has 1 saturated heterocycles. The highest BCUT2D eigenvalue weighted by Gasteiger charge is 2.34. The van der Waals surface area contributed by atoms with E-state index in [0.29, 0.717) is 6.04 Å². The van der Waals surface area contributed by atoms with Gasteiger partial charge < -0.3 is 10.6 Å². The van der Waals surface area contributed by atoms with Gasteiger partial charge in [0.25, 0.3) is 0 Å². The van der Waals surface area contributed by atoms with Gasteiger partial charge in [0.1, 0.15) is 0 Å². The molecule has 1 heterocycles. The molecule has 2 N–H and O–H groups in total. The summed E-state index contributed by atoms with van der Waals surface area (Å²) in [4.78, 5) is 5.19. The van der Waals surface area contributed by atoms with Crippen molar-refractivity contribution in [2.75, 3.05) is 33.2 Å². The summed E-state index contributed by atoms with van der Waals surface area (Å²) in [6.07, 6.45) is 4.07. The summed E-state index contributed by atoms with van der Waals surface area (Å²) in [5.41, 5.74) is 5.97. The minimum atomic E-state index is 0.694. The number of piperazine rings is 1. The van der Waals surface area contributed by atoms with Crippen LogP contribution in [0.25, 0.3) is 0 Å². The predicted octanol–water partition coefficient (Wildman–Crippen LogP) is 1.39. The summed E-state index contributed by atoms with van der Waals surface area (Å²) in [6.45, 7) is 9.29. The van der Waals surface area contributed by atoms with E-state index < -0.39 is 0 Å². The van der Waals surface area contributed by atoms with Crippen LogP contribution in [-0.2, 0) is 0 Å². The number of likely N-dealkylation sites (N-methyl/N-ethyl adjacent to an activating group) is 1. The molecule has 2 fully saturated rings. The van der Waals surface area contributed by atoms with Crippen molar-refractivity contribution in [2.45, 2.75) is 45.2 Å². The summed E-state index contributed by atoms with van der Waals surface area (Å²) >= 11 is 0. The summed E-state index contributed by atoms with van der Waals surface area (Å²) in [7, 11) is 2.24. The quantitative estimate of drug-likeness (QED) is 0.790. The van der Waals surface area contributed by atoms with Gasteiger partial charge in [-0.15, -0.1) is 0 Å². The van der Waals surface area contributed by atoms with Crippen molar-refractivity contribution >= 4 is 0 Å². The van der Waals surface area contributed by atoms with Crippen LogP contribution < -0.4 is 5.73 Å². The molecule has 0 aromatic rings. The molecule has 0 aromatic carbocycles. The third kappa shape index (κ3) is 3.01. The Morgan fingerprint density at radius 1 is 1.18 bits per heavy atom. The second kappa shape index (κ2) is 5.68. The van der Waals surface area contributed by atoms with Gasteiger partial charge in [0.15, 0.2) is 0 Å². The van der Waals surface area contributed by atoms with Gasteiger partial charge in [-0.1, -0.05) is 13.3 Å². The van der Waals surface area contributed by atoms with Gasteiger partial charge in [0, 0.05) is 31.7 Å². The smallest absolute Gasteiger partial charge is 0.0192 e. The molecule has 1 aliphatic heterocycles. The lowest BCUT2D eigenvalue weighted by Crippen LogP contribution is -2.56. The highest BCUT2D eigenvalue weighted by atomic mass is 15.3. The molecule has 4 unspecified atom stereocenters. The van der Waals surface area contributed by atoms with E-state index in [1.165, 1.54) is 38.9 Å². The minimum absolute atomic E-state index is 0.694. The number of hydrogen-bond donors (Lipinski definition) is 1. The van der Waals surface area contributed by atoms with E-state index in [4.69, 9.17) is 5.73 Å². The minimum Gasteiger partial charge on any atom is -0.330 e. The standard InChI is InChI=1S/C14H29N3/c1-11-4-5-13(9-15)14(8-11)17-7-6-16(3)12(2)10-17/h11-14H,4-10,15H2,1-3H3. The van der Waals surface area contributed by atoms with Crippen LogP contribution in [0.15, 0.2) is 0 Å². The van der Waals surface area contributed by atoms with Crippen molar-refractivity contribution < 1.29 is 0 Å². The van der Waals surface area contributed by atoms with Crippen LogP contribution in [0, 0.1) is 11.8 Å². The van der Waals surface area contributed by atoms with Gasteiger partial charge in [-0.25, -0.2) is 0 Å². The van der Waals surface area contributed by atoms with Gasteiger partial charge in [0.05, 0.1) is 0 Å². The van der Waals surface area contributed by atoms with Crippen LogP contribution in [0.3, 0.4) is 0 Å². The number of hydrogen-bond acceptors (Lipinski definition) is 3. The van der Waals surface area contributed by atoms with Gasteiger partial charge >= 0.3 is 0 Å². The lowest BCUT2D eigenvalue weighted by Gasteiger charge is -2.47. The van der Waals surface area contributed by atoms with Crippen LogP contribution in [0.2, 0.25) is 0 Å². The molecule has 0 amide bonds. The van der Waals surface area contributed by atoms with Gasteiger partial charge in [-0.3, -0.25) is 4.90 Å². The van der Waals surface area contributed by atoms with Crippen LogP contribution in [0.1, 0.15) is 33.1 Å². The SMILES string of the molecule is CC1CCC(CN)C(N2CCN(C)C(C)C2)C1. The summed E-state index contributed by atoms with van der Waals surface area (Å²) in [5.74, 6) is 1.62. The molecule has 2 rings (SSSR count). The van der Waals surface area contributed by atoms with Gasteiger partial charge in [-0.2, -0.15) is 0 Å². The van der Waals surface area contributed by atoms with E-state index in [9.17, 15) is 0 Å². The molecule has 4 atom stereocenters. The Bertz CT molecular complexity index is 244. The molecule has 17 heavy (non-hydrogen) atoms. The van der Waals surface area contributed by atoms with E-state index in [0.717, 1.165) is 24.4 Å². The molecule has 0 bridgehead atoms. The summed E-state index contributed by atoms with van der Waals surface area (Å²) in [6, 6.07) is 1.44. The molecule has 1 aliphatic carbocycles. The largest absolute Gasteiger partial charge is 0.330 e. The van der Waals surface area contributed by atoms with Crippen molar-refractivity contribution in [1.29, 1.82) is 0 Å². The second-order valence-corrected chi connectivity index (χ2v) is 6.31. The zero-order valence-electron chi connectivity index (χ0n) is 11.7. The fourth-order valence-corrected chi connectivity index (χ4v) is 3.51. The molecule has 1 saturated carbocycles. The molecular formula is C14H29N3. The average molecular weight is 239 g/mol. The maximum atomic E-state index is 5.97. The van der Waals surface area contributed by atoms with E-state index in [-0.39, 0.29) is 0 Å². The number of nitrogens with two attached hydrogens (primary N) is 1. The Hall–Kier alpha value is -0.120.